The van der Waals surface area contributed by atoms with Crippen molar-refractivity contribution in [3.05, 3.63) is 34.9 Å². The Morgan fingerprint density at radius 1 is 0.950 bits per heavy atom. The molecule has 114 valence electrons. The highest BCUT2D eigenvalue weighted by Crippen LogP contribution is 2.21. The van der Waals surface area contributed by atoms with Crippen LogP contribution in [0.2, 0.25) is 19.1 Å². The van der Waals surface area contributed by atoms with Crippen LogP contribution in [0.1, 0.15) is 24.8 Å². The van der Waals surface area contributed by atoms with Crippen LogP contribution < -0.4 is 0 Å². The Morgan fingerprint density at radius 3 is 2.20 bits per heavy atom. The fraction of sp³-hybridized carbons (Fsp3) is 0.571. The molecule has 0 N–H and O–H groups in total. The molecule has 0 aliphatic heterocycles. The Hall–Kier alpha value is -0.883. The van der Waals surface area contributed by atoms with Gasteiger partial charge in [-0.3, -0.25) is 0 Å². The highest BCUT2D eigenvalue weighted by molar-refractivity contribution is 6.71. The van der Waals surface area contributed by atoms with Crippen LogP contribution in [-0.4, -0.2) is 15.4 Å². The van der Waals surface area contributed by atoms with Crippen molar-refractivity contribution in [1.29, 1.82) is 0 Å². The van der Waals surface area contributed by atoms with E-state index >= 15 is 0 Å². The minimum absolute atomic E-state index is 0.107. The van der Waals surface area contributed by atoms with Crippen molar-refractivity contribution >= 4 is 8.32 Å². The number of aryl methyl sites for hydroxylation is 1. The van der Waals surface area contributed by atoms with Crippen molar-refractivity contribution in [3.8, 4) is 0 Å². The van der Waals surface area contributed by atoms with Gasteiger partial charge in [-0.15, -0.1) is 0 Å². The summed E-state index contributed by atoms with van der Waals surface area (Å²) < 4.78 is 57.6. The largest absolute Gasteiger partial charge is 0.420 e. The van der Waals surface area contributed by atoms with Crippen LogP contribution in [0.5, 0.6) is 0 Å². The van der Waals surface area contributed by atoms with E-state index < -0.39 is 31.6 Å². The molecule has 1 nitrogen and oxygen atoms in total. The summed E-state index contributed by atoms with van der Waals surface area (Å²) in [4.78, 5) is 0. The molecule has 0 amide bonds. The first kappa shape index (κ1) is 17.2. The van der Waals surface area contributed by atoms with Crippen LogP contribution in [0.15, 0.2) is 6.07 Å². The predicted octanol–water partition coefficient (Wildman–Crippen LogP) is 4.81. The summed E-state index contributed by atoms with van der Waals surface area (Å²) in [5.41, 5.74) is -0.107. The highest BCUT2D eigenvalue weighted by atomic mass is 28.4. The quantitative estimate of drug-likeness (QED) is 0.231. The minimum Gasteiger partial charge on any atom is -0.420 e. The zero-order valence-electron chi connectivity index (χ0n) is 12.0. The SMILES string of the molecule is CO[Si](C)(C)CCCCCc1cc(F)c(F)c(F)c1F. The maximum atomic E-state index is 13.4. The van der Waals surface area contributed by atoms with E-state index in [-0.39, 0.29) is 12.0 Å². The Bertz CT molecular complexity index is 463. The fourth-order valence-corrected chi connectivity index (χ4v) is 3.25. The van der Waals surface area contributed by atoms with Crippen molar-refractivity contribution in [2.24, 2.45) is 0 Å². The monoisotopic (exact) mass is 308 g/mol. The van der Waals surface area contributed by atoms with Gasteiger partial charge in [0, 0.05) is 7.11 Å². The molecule has 20 heavy (non-hydrogen) atoms. The first-order valence-corrected chi connectivity index (χ1v) is 9.77. The van der Waals surface area contributed by atoms with Gasteiger partial charge in [0.15, 0.2) is 31.6 Å². The van der Waals surface area contributed by atoms with Gasteiger partial charge in [0.2, 0.25) is 0 Å². The second-order valence-corrected chi connectivity index (χ2v) is 9.91. The molecule has 0 spiro atoms. The molecule has 0 aromatic heterocycles. The number of hydrogen-bond donors (Lipinski definition) is 0. The zero-order chi connectivity index (χ0) is 15.3. The summed E-state index contributed by atoms with van der Waals surface area (Å²) in [7, 11) is 0.114. The maximum absolute atomic E-state index is 13.4. The van der Waals surface area contributed by atoms with Gasteiger partial charge < -0.3 is 4.43 Å². The van der Waals surface area contributed by atoms with Crippen LogP contribution in [0.25, 0.3) is 0 Å². The normalized spacial score (nSPS) is 11.9. The Balaban J connectivity index is 2.47. The molecule has 0 heterocycles. The second-order valence-electron chi connectivity index (χ2n) is 5.48. The number of benzene rings is 1. The van der Waals surface area contributed by atoms with Crippen molar-refractivity contribution in [2.45, 2.75) is 44.8 Å². The molecule has 0 atom stereocenters. The first-order valence-electron chi connectivity index (χ1n) is 6.65. The third kappa shape index (κ3) is 4.59. The molecule has 0 saturated carbocycles. The molecule has 0 fully saturated rings. The van der Waals surface area contributed by atoms with E-state index in [0.29, 0.717) is 6.42 Å². The lowest BCUT2D eigenvalue weighted by molar-refractivity contribution is 0.399. The lowest BCUT2D eigenvalue weighted by Gasteiger charge is -2.19. The van der Waals surface area contributed by atoms with Crippen LogP contribution in [0, 0.1) is 23.3 Å². The lowest BCUT2D eigenvalue weighted by atomic mass is 10.1. The average molecular weight is 308 g/mol. The van der Waals surface area contributed by atoms with Gasteiger partial charge in [0.1, 0.15) is 0 Å². The summed E-state index contributed by atoms with van der Waals surface area (Å²) in [5, 5.41) is 0. The topological polar surface area (TPSA) is 9.23 Å². The molecule has 0 aliphatic carbocycles. The fourth-order valence-electron chi connectivity index (χ4n) is 1.95. The van der Waals surface area contributed by atoms with E-state index in [1.54, 1.807) is 7.11 Å². The van der Waals surface area contributed by atoms with Crippen molar-refractivity contribution in [2.75, 3.05) is 7.11 Å². The zero-order valence-corrected chi connectivity index (χ0v) is 13.0. The molecule has 0 radical (unpaired) electrons. The molecular formula is C14H20F4OSi. The molecule has 1 aromatic carbocycles. The van der Waals surface area contributed by atoms with Gasteiger partial charge in [-0.05, 0) is 43.6 Å². The third-order valence-corrected chi connectivity index (χ3v) is 6.12. The van der Waals surface area contributed by atoms with Gasteiger partial charge in [-0.25, -0.2) is 17.6 Å². The molecule has 0 aliphatic rings. The maximum Gasteiger partial charge on any atom is 0.197 e. The van der Waals surface area contributed by atoms with Gasteiger partial charge in [-0.2, -0.15) is 0 Å². The molecule has 1 aromatic rings. The molecule has 1 rings (SSSR count). The number of halogens is 4. The van der Waals surface area contributed by atoms with Crippen LogP contribution in [-0.2, 0) is 10.8 Å². The molecule has 0 saturated heterocycles. The van der Waals surface area contributed by atoms with Crippen LogP contribution in [0.3, 0.4) is 0 Å². The Labute approximate surface area is 118 Å². The van der Waals surface area contributed by atoms with Gasteiger partial charge >= 0.3 is 0 Å². The summed E-state index contributed by atoms with van der Waals surface area (Å²) in [6.07, 6.45) is 2.56. The molecular weight excluding hydrogens is 288 g/mol. The molecule has 6 heteroatoms. The summed E-state index contributed by atoms with van der Waals surface area (Å²) in [6.45, 7) is 4.22. The first-order chi connectivity index (χ1) is 9.28. The van der Waals surface area contributed by atoms with E-state index in [9.17, 15) is 17.6 Å². The number of unbranched alkanes of at least 4 members (excludes halogenated alkanes) is 2. The van der Waals surface area contributed by atoms with Crippen molar-refractivity contribution in [3.63, 3.8) is 0 Å². The van der Waals surface area contributed by atoms with Crippen molar-refractivity contribution in [1.82, 2.24) is 0 Å². The lowest BCUT2D eigenvalue weighted by Crippen LogP contribution is -2.27. The van der Waals surface area contributed by atoms with Gasteiger partial charge in [0.05, 0.1) is 0 Å². The van der Waals surface area contributed by atoms with E-state index in [4.69, 9.17) is 4.43 Å². The smallest absolute Gasteiger partial charge is 0.197 e. The highest BCUT2D eigenvalue weighted by Gasteiger charge is 2.20. The van der Waals surface area contributed by atoms with Crippen LogP contribution >= 0.6 is 0 Å². The molecule has 0 unspecified atom stereocenters. The van der Waals surface area contributed by atoms with E-state index in [0.717, 1.165) is 25.0 Å². The summed E-state index contributed by atoms with van der Waals surface area (Å²) in [6, 6.07) is 1.72. The van der Waals surface area contributed by atoms with Gasteiger partial charge in [0.25, 0.3) is 0 Å². The van der Waals surface area contributed by atoms with Gasteiger partial charge in [-0.1, -0.05) is 12.8 Å². The number of rotatable bonds is 7. The summed E-state index contributed by atoms with van der Waals surface area (Å²) >= 11 is 0. The van der Waals surface area contributed by atoms with E-state index in [2.05, 4.69) is 13.1 Å². The number of hydrogen-bond acceptors (Lipinski definition) is 1. The Kier molecular flexibility index (Phi) is 6.20. The standard InChI is InChI=1S/C14H20F4OSi/c1-19-20(2,3)8-6-4-5-7-10-9-11(15)13(17)14(18)12(10)16/h9H,4-8H2,1-3H3. The minimum atomic E-state index is -1.75. The second kappa shape index (κ2) is 7.22. The Morgan fingerprint density at radius 2 is 1.60 bits per heavy atom. The van der Waals surface area contributed by atoms with E-state index in [1.807, 2.05) is 0 Å². The summed E-state index contributed by atoms with van der Waals surface area (Å²) in [5.74, 6) is -6.10. The predicted molar refractivity (Wildman–Crippen MR) is 73.1 cm³/mol. The van der Waals surface area contributed by atoms with Crippen molar-refractivity contribution < 1.29 is 22.0 Å². The third-order valence-electron chi connectivity index (χ3n) is 3.46. The van der Waals surface area contributed by atoms with Crippen LogP contribution in [0.4, 0.5) is 17.6 Å². The molecule has 0 bridgehead atoms. The van der Waals surface area contributed by atoms with E-state index in [1.165, 1.54) is 0 Å². The average Bonchev–Trinajstić information content (AvgIpc) is 2.41.